The smallest absolute Gasteiger partial charge is 0.319 e. The summed E-state index contributed by atoms with van der Waals surface area (Å²) >= 11 is 0. The number of carbonyl (C=O) groups is 1. The second-order valence-corrected chi connectivity index (χ2v) is 6.34. The van der Waals surface area contributed by atoms with E-state index >= 15 is 0 Å². The molecule has 2 aliphatic rings. The van der Waals surface area contributed by atoms with Gasteiger partial charge in [-0.05, 0) is 31.9 Å². The van der Waals surface area contributed by atoms with E-state index in [1.807, 2.05) is 13.0 Å². The normalized spacial score (nSPS) is 16.8. The highest BCUT2D eigenvalue weighted by Gasteiger charge is 2.22. The number of nitrogens with zero attached hydrogens (tertiary/aromatic N) is 2. The molecular weight excluding hydrogens is 322 g/mol. The van der Waals surface area contributed by atoms with Crippen molar-refractivity contribution in [2.45, 2.75) is 25.8 Å². The number of hydrogen-bond donors (Lipinski definition) is 3. The number of amides is 2. The highest BCUT2D eigenvalue weighted by atomic mass is 16.7. The third kappa shape index (κ3) is 3.47. The van der Waals surface area contributed by atoms with Crippen LogP contribution in [-0.2, 0) is 0 Å². The zero-order valence-electron chi connectivity index (χ0n) is 14.0. The number of hydrogen-bond acceptors (Lipinski definition) is 5. The van der Waals surface area contributed by atoms with Gasteiger partial charge in [0, 0.05) is 42.6 Å². The maximum atomic E-state index is 12.2. The third-order valence-corrected chi connectivity index (χ3v) is 4.48. The molecule has 25 heavy (non-hydrogen) atoms. The van der Waals surface area contributed by atoms with Crippen molar-refractivity contribution >= 4 is 17.5 Å². The minimum atomic E-state index is -0.201. The summed E-state index contributed by atoms with van der Waals surface area (Å²) in [6.07, 6.45) is 1.78. The number of anilines is 2. The minimum absolute atomic E-state index is 0.158. The van der Waals surface area contributed by atoms with Crippen LogP contribution in [-0.4, -0.2) is 42.2 Å². The molecule has 1 fully saturated rings. The fourth-order valence-electron chi connectivity index (χ4n) is 3.15. The van der Waals surface area contributed by atoms with E-state index in [1.165, 1.54) is 0 Å². The summed E-state index contributed by atoms with van der Waals surface area (Å²) in [5.74, 6) is 2.33. The van der Waals surface area contributed by atoms with Crippen LogP contribution in [0.5, 0.6) is 11.5 Å². The predicted octanol–water partition coefficient (Wildman–Crippen LogP) is 2.24. The van der Waals surface area contributed by atoms with Gasteiger partial charge in [-0.2, -0.15) is 5.10 Å². The van der Waals surface area contributed by atoms with Gasteiger partial charge in [-0.15, -0.1) is 0 Å². The Kier molecular flexibility index (Phi) is 4.09. The van der Waals surface area contributed by atoms with Crippen LogP contribution in [0.3, 0.4) is 0 Å². The molecule has 132 valence electrons. The number of H-pyrrole nitrogens is 1. The van der Waals surface area contributed by atoms with E-state index in [0.29, 0.717) is 17.2 Å². The van der Waals surface area contributed by atoms with E-state index in [1.54, 1.807) is 18.2 Å². The SMILES string of the molecule is Cc1cc(N2CCC(NC(=O)Nc3ccc4c(c3)OCO4)CC2)n[nH]1. The highest BCUT2D eigenvalue weighted by Crippen LogP contribution is 2.34. The topological polar surface area (TPSA) is 91.5 Å². The van der Waals surface area contributed by atoms with Crippen LogP contribution >= 0.6 is 0 Å². The number of nitrogens with one attached hydrogen (secondary N) is 3. The first-order valence-electron chi connectivity index (χ1n) is 8.41. The van der Waals surface area contributed by atoms with Crippen LogP contribution in [0.25, 0.3) is 0 Å². The molecule has 0 aliphatic carbocycles. The Morgan fingerprint density at radius 2 is 2.04 bits per heavy atom. The number of piperidine rings is 1. The number of aryl methyl sites for hydroxylation is 1. The summed E-state index contributed by atoms with van der Waals surface area (Å²) < 4.78 is 10.6. The first kappa shape index (κ1) is 15.6. The monoisotopic (exact) mass is 343 g/mol. The van der Waals surface area contributed by atoms with Crippen LogP contribution in [0.15, 0.2) is 24.3 Å². The molecule has 1 saturated heterocycles. The Balaban J connectivity index is 1.27. The summed E-state index contributed by atoms with van der Waals surface area (Å²) in [4.78, 5) is 14.4. The average molecular weight is 343 g/mol. The van der Waals surface area contributed by atoms with Crippen molar-refractivity contribution in [3.05, 3.63) is 30.0 Å². The van der Waals surface area contributed by atoms with Crippen LogP contribution in [0.4, 0.5) is 16.3 Å². The molecule has 0 spiro atoms. The van der Waals surface area contributed by atoms with Gasteiger partial charge in [0.05, 0.1) is 0 Å². The van der Waals surface area contributed by atoms with Crippen molar-refractivity contribution in [2.24, 2.45) is 0 Å². The van der Waals surface area contributed by atoms with Gasteiger partial charge in [-0.1, -0.05) is 0 Å². The van der Waals surface area contributed by atoms with Crippen LogP contribution in [0.1, 0.15) is 18.5 Å². The number of rotatable bonds is 3. The molecule has 0 unspecified atom stereocenters. The van der Waals surface area contributed by atoms with Crippen LogP contribution < -0.4 is 25.0 Å². The summed E-state index contributed by atoms with van der Waals surface area (Å²) in [5.41, 5.74) is 1.74. The molecule has 0 radical (unpaired) electrons. The second kappa shape index (κ2) is 6.54. The molecule has 3 N–H and O–H groups in total. The molecule has 0 atom stereocenters. The van der Waals surface area contributed by atoms with E-state index in [0.717, 1.165) is 37.4 Å². The first-order valence-corrected chi connectivity index (χ1v) is 8.41. The third-order valence-electron chi connectivity index (χ3n) is 4.48. The number of benzene rings is 1. The van der Waals surface area contributed by atoms with Gasteiger partial charge in [0.15, 0.2) is 17.3 Å². The lowest BCUT2D eigenvalue weighted by Crippen LogP contribution is -2.46. The maximum absolute atomic E-state index is 12.2. The largest absolute Gasteiger partial charge is 0.454 e. The first-order chi connectivity index (χ1) is 12.2. The van der Waals surface area contributed by atoms with E-state index in [9.17, 15) is 4.79 Å². The van der Waals surface area contributed by atoms with Gasteiger partial charge in [-0.25, -0.2) is 4.79 Å². The lowest BCUT2D eigenvalue weighted by atomic mass is 10.1. The van der Waals surface area contributed by atoms with E-state index in [4.69, 9.17) is 9.47 Å². The molecule has 8 heteroatoms. The van der Waals surface area contributed by atoms with Gasteiger partial charge in [0.2, 0.25) is 6.79 Å². The fourth-order valence-corrected chi connectivity index (χ4v) is 3.15. The average Bonchev–Trinajstić information content (AvgIpc) is 3.24. The lowest BCUT2D eigenvalue weighted by Gasteiger charge is -2.32. The molecule has 0 saturated carbocycles. The minimum Gasteiger partial charge on any atom is -0.454 e. The number of ether oxygens (including phenoxy) is 2. The maximum Gasteiger partial charge on any atom is 0.319 e. The molecule has 3 heterocycles. The van der Waals surface area contributed by atoms with Gasteiger partial charge < -0.3 is 25.0 Å². The number of carbonyl (C=O) groups excluding carboxylic acids is 1. The predicted molar refractivity (Wildman–Crippen MR) is 93.3 cm³/mol. The van der Waals surface area contributed by atoms with Crippen molar-refractivity contribution in [1.29, 1.82) is 0 Å². The number of fused-ring (bicyclic) bond motifs is 1. The molecule has 2 aliphatic heterocycles. The molecule has 4 rings (SSSR count). The van der Waals surface area contributed by atoms with E-state index in [2.05, 4.69) is 25.7 Å². The Bertz CT molecular complexity index is 767. The Hall–Kier alpha value is -2.90. The zero-order valence-corrected chi connectivity index (χ0v) is 14.0. The zero-order chi connectivity index (χ0) is 17.2. The lowest BCUT2D eigenvalue weighted by molar-refractivity contribution is 0.174. The van der Waals surface area contributed by atoms with Gasteiger partial charge in [0.1, 0.15) is 0 Å². The van der Waals surface area contributed by atoms with E-state index in [-0.39, 0.29) is 18.9 Å². The quantitative estimate of drug-likeness (QED) is 0.795. The van der Waals surface area contributed by atoms with Crippen molar-refractivity contribution in [2.75, 3.05) is 30.1 Å². The number of aromatic nitrogens is 2. The van der Waals surface area contributed by atoms with Crippen LogP contribution in [0, 0.1) is 6.92 Å². The summed E-state index contributed by atoms with van der Waals surface area (Å²) in [6, 6.07) is 7.36. The van der Waals surface area contributed by atoms with Crippen LogP contribution in [0.2, 0.25) is 0 Å². The standard InChI is InChI=1S/C17H21N5O3/c1-11-8-16(21-20-11)22-6-4-12(5-7-22)18-17(23)19-13-2-3-14-15(9-13)25-10-24-14/h2-3,8-9,12H,4-7,10H2,1H3,(H,20,21)(H2,18,19,23). The van der Waals surface area contributed by atoms with Crippen molar-refractivity contribution in [1.82, 2.24) is 15.5 Å². The van der Waals surface area contributed by atoms with Gasteiger partial charge >= 0.3 is 6.03 Å². The molecular formula is C17H21N5O3. The highest BCUT2D eigenvalue weighted by molar-refractivity contribution is 5.89. The molecule has 1 aromatic heterocycles. The summed E-state index contributed by atoms with van der Waals surface area (Å²) in [7, 11) is 0. The molecule has 1 aromatic carbocycles. The van der Waals surface area contributed by atoms with Crippen molar-refractivity contribution in [3.8, 4) is 11.5 Å². The molecule has 0 bridgehead atoms. The Morgan fingerprint density at radius 3 is 2.80 bits per heavy atom. The fraction of sp³-hybridized carbons (Fsp3) is 0.412. The van der Waals surface area contributed by atoms with E-state index < -0.39 is 0 Å². The number of aromatic amines is 1. The molecule has 2 amide bonds. The molecule has 2 aromatic rings. The van der Waals surface area contributed by atoms with Gasteiger partial charge in [-0.3, -0.25) is 5.10 Å². The Labute approximate surface area is 145 Å². The number of urea groups is 1. The Morgan fingerprint density at radius 1 is 1.24 bits per heavy atom. The molecule has 8 nitrogen and oxygen atoms in total. The summed E-state index contributed by atoms with van der Waals surface area (Å²) in [5, 5.41) is 13.1. The second-order valence-electron chi connectivity index (χ2n) is 6.34. The van der Waals surface area contributed by atoms with Gasteiger partial charge in [0.25, 0.3) is 0 Å². The van der Waals surface area contributed by atoms with Crippen molar-refractivity contribution in [3.63, 3.8) is 0 Å². The summed E-state index contributed by atoms with van der Waals surface area (Å²) in [6.45, 7) is 3.96. The van der Waals surface area contributed by atoms with Crippen molar-refractivity contribution < 1.29 is 14.3 Å².